The van der Waals surface area contributed by atoms with Gasteiger partial charge in [-0.2, -0.15) is 0 Å². The number of carbonyl (C=O) groups excluding carboxylic acids is 1. The Hall–Kier alpha value is -0.330. The van der Waals surface area contributed by atoms with Crippen LogP contribution < -0.4 is 0 Å². The summed E-state index contributed by atoms with van der Waals surface area (Å²) in [7, 11) is 1.35. The summed E-state index contributed by atoms with van der Waals surface area (Å²) in [6.45, 7) is 0. The second-order valence-corrected chi connectivity index (χ2v) is 5.53. The van der Waals surface area contributed by atoms with Gasteiger partial charge in [-0.1, -0.05) is 22.0 Å². The summed E-state index contributed by atoms with van der Waals surface area (Å²) in [5.74, 6) is 0. The standard InChI is InChI=1S/C10H6Br3NO2/c1-16-10(15)14-7-4-5(11)2-3-6(7)8(12)9(14)13/h2-4H,1H3. The van der Waals surface area contributed by atoms with E-state index in [9.17, 15) is 4.79 Å². The van der Waals surface area contributed by atoms with Crippen LogP contribution in [0.4, 0.5) is 4.79 Å². The summed E-state index contributed by atoms with van der Waals surface area (Å²) in [5, 5.41) is 0.945. The first-order valence-electron chi connectivity index (χ1n) is 4.29. The number of methoxy groups -OCH3 is 1. The van der Waals surface area contributed by atoms with Crippen LogP contribution in [0.15, 0.2) is 31.7 Å². The number of nitrogens with zero attached hydrogens (tertiary/aromatic N) is 1. The fraction of sp³-hybridized carbons (Fsp3) is 0.100. The Morgan fingerprint density at radius 3 is 2.62 bits per heavy atom. The van der Waals surface area contributed by atoms with Crippen LogP contribution >= 0.6 is 47.8 Å². The van der Waals surface area contributed by atoms with E-state index >= 15 is 0 Å². The molecule has 16 heavy (non-hydrogen) atoms. The number of halogens is 3. The van der Waals surface area contributed by atoms with Crippen molar-refractivity contribution in [3.63, 3.8) is 0 Å². The second-order valence-electron chi connectivity index (χ2n) is 3.07. The lowest BCUT2D eigenvalue weighted by molar-refractivity contribution is 0.173. The quantitative estimate of drug-likeness (QED) is 0.637. The zero-order valence-corrected chi connectivity index (χ0v) is 12.9. The normalized spacial score (nSPS) is 10.8. The topological polar surface area (TPSA) is 31.2 Å². The molecule has 0 saturated heterocycles. The van der Waals surface area contributed by atoms with Crippen molar-refractivity contribution in [3.05, 3.63) is 31.7 Å². The Kier molecular flexibility index (Phi) is 3.42. The molecule has 0 saturated carbocycles. The van der Waals surface area contributed by atoms with Gasteiger partial charge in [0.1, 0.15) is 4.60 Å². The van der Waals surface area contributed by atoms with E-state index in [0.29, 0.717) is 4.60 Å². The molecule has 84 valence electrons. The molecule has 0 aliphatic rings. The third-order valence-corrected chi connectivity index (χ3v) is 4.75. The van der Waals surface area contributed by atoms with E-state index in [4.69, 9.17) is 4.74 Å². The first-order valence-corrected chi connectivity index (χ1v) is 6.67. The number of hydrogen-bond acceptors (Lipinski definition) is 2. The smallest absolute Gasteiger partial charge is 0.419 e. The van der Waals surface area contributed by atoms with Gasteiger partial charge < -0.3 is 4.74 Å². The number of aromatic nitrogens is 1. The van der Waals surface area contributed by atoms with E-state index in [1.165, 1.54) is 11.7 Å². The number of benzene rings is 1. The first-order chi connectivity index (χ1) is 7.56. The fourth-order valence-corrected chi connectivity index (χ4v) is 2.87. The number of hydrogen-bond donors (Lipinski definition) is 0. The van der Waals surface area contributed by atoms with Gasteiger partial charge in [0.05, 0.1) is 17.1 Å². The molecule has 0 bridgehead atoms. The van der Waals surface area contributed by atoms with Gasteiger partial charge in [-0.15, -0.1) is 0 Å². The van der Waals surface area contributed by atoms with Crippen LogP contribution in [0.2, 0.25) is 0 Å². The van der Waals surface area contributed by atoms with E-state index in [1.807, 2.05) is 18.2 Å². The van der Waals surface area contributed by atoms with Gasteiger partial charge in [0.15, 0.2) is 0 Å². The van der Waals surface area contributed by atoms with Gasteiger partial charge in [-0.25, -0.2) is 9.36 Å². The maximum Gasteiger partial charge on any atom is 0.419 e. The Morgan fingerprint density at radius 2 is 2.00 bits per heavy atom. The monoisotopic (exact) mass is 409 g/mol. The summed E-state index contributed by atoms with van der Waals surface area (Å²) < 4.78 is 8.58. The molecule has 0 fully saturated rings. The van der Waals surface area contributed by atoms with Crippen molar-refractivity contribution in [1.29, 1.82) is 0 Å². The van der Waals surface area contributed by atoms with Gasteiger partial charge in [-0.3, -0.25) is 0 Å². The fourth-order valence-electron chi connectivity index (χ4n) is 1.46. The minimum absolute atomic E-state index is 0.430. The number of carbonyl (C=O) groups is 1. The molecule has 3 nitrogen and oxygen atoms in total. The lowest BCUT2D eigenvalue weighted by atomic mass is 10.2. The molecule has 0 atom stereocenters. The maximum atomic E-state index is 11.6. The van der Waals surface area contributed by atoms with Crippen molar-refractivity contribution in [2.24, 2.45) is 0 Å². The summed E-state index contributed by atoms with van der Waals surface area (Å²) >= 11 is 10.2. The van der Waals surface area contributed by atoms with Crippen LogP contribution in [-0.4, -0.2) is 17.8 Å². The SMILES string of the molecule is COC(=O)n1c(Br)c(Br)c2ccc(Br)cc21. The van der Waals surface area contributed by atoms with Gasteiger partial charge >= 0.3 is 6.09 Å². The number of fused-ring (bicyclic) bond motifs is 1. The Bertz CT molecular complexity index is 577. The lowest BCUT2D eigenvalue weighted by Gasteiger charge is -2.03. The van der Waals surface area contributed by atoms with Gasteiger partial charge in [0.25, 0.3) is 0 Å². The van der Waals surface area contributed by atoms with Crippen LogP contribution in [0.1, 0.15) is 0 Å². The van der Waals surface area contributed by atoms with E-state index < -0.39 is 6.09 Å². The van der Waals surface area contributed by atoms with E-state index in [0.717, 1.165) is 19.8 Å². The van der Waals surface area contributed by atoms with Crippen LogP contribution in [0.25, 0.3) is 10.9 Å². The third-order valence-electron chi connectivity index (χ3n) is 2.17. The Labute approximate surface area is 117 Å². The molecular weight excluding hydrogens is 406 g/mol. The van der Waals surface area contributed by atoms with Gasteiger partial charge in [0.2, 0.25) is 0 Å². The predicted octanol–water partition coefficient (Wildman–Crippen LogP) is 4.54. The first kappa shape index (κ1) is 12.1. The van der Waals surface area contributed by atoms with Crippen molar-refractivity contribution in [2.45, 2.75) is 0 Å². The van der Waals surface area contributed by atoms with Gasteiger partial charge in [-0.05, 0) is 44.0 Å². The highest BCUT2D eigenvalue weighted by atomic mass is 79.9. The van der Waals surface area contributed by atoms with E-state index in [-0.39, 0.29) is 0 Å². The van der Waals surface area contributed by atoms with E-state index in [2.05, 4.69) is 47.8 Å². The van der Waals surface area contributed by atoms with E-state index in [1.54, 1.807) is 0 Å². The summed E-state index contributed by atoms with van der Waals surface area (Å²) in [6.07, 6.45) is -0.430. The van der Waals surface area contributed by atoms with Crippen LogP contribution in [0, 0.1) is 0 Å². The predicted molar refractivity (Wildman–Crippen MR) is 72.8 cm³/mol. The third kappa shape index (κ3) is 1.83. The van der Waals surface area contributed by atoms with Gasteiger partial charge in [0, 0.05) is 9.86 Å². The van der Waals surface area contributed by atoms with Crippen LogP contribution in [-0.2, 0) is 4.74 Å². The van der Waals surface area contributed by atoms with Crippen LogP contribution in [0.5, 0.6) is 0 Å². The molecule has 0 aliphatic carbocycles. The van der Waals surface area contributed by atoms with Crippen molar-refractivity contribution in [1.82, 2.24) is 4.57 Å². The highest BCUT2D eigenvalue weighted by Crippen LogP contribution is 2.36. The molecular formula is C10H6Br3NO2. The highest BCUT2D eigenvalue weighted by Gasteiger charge is 2.18. The van der Waals surface area contributed by atoms with Crippen molar-refractivity contribution < 1.29 is 9.53 Å². The summed E-state index contributed by atoms with van der Waals surface area (Å²) in [5.41, 5.74) is 0.778. The second kappa shape index (κ2) is 4.50. The number of ether oxygens (including phenoxy) is 1. The largest absolute Gasteiger partial charge is 0.452 e. The zero-order chi connectivity index (χ0) is 11.9. The average molecular weight is 412 g/mol. The minimum Gasteiger partial charge on any atom is -0.452 e. The van der Waals surface area contributed by atoms with Crippen molar-refractivity contribution in [2.75, 3.05) is 7.11 Å². The number of rotatable bonds is 0. The van der Waals surface area contributed by atoms with Crippen LogP contribution in [0.3, 0.4) is 0 Å². The molecule has 1 aromatic heterocycles. The molecule has 2 rings (SSSR count). The molecule has 0 unspecified atom stereocenters. The molecule has 2 aromatic rings. The molecule has 0 spiro atoms. The summed E-state index contributed by atoms with van der Waals surface area (Å²) in [4.78, 5) is 11.6. The maximum absolute atomic E-state index is 11.6. The minimum atomic E-state index is -0.430. The lowest BCUT2D eigenvalue weighted by Crippen LogP contribution is -2.11. The molecule has 0 amide bonds. The average Bonchev–Trinajstić information content (AvgIpc) is 2.51. The zero-order valence-electron chi connectivity index (χ0n) is 8.13. The molecule has 1 aromatic carbocycles. The molecule has 6 heteroatoms. The molecule has 0 radical (unpaired) electrons. The van der Waals surface area contributed by atoms with Crippen molar-refractivity contribution in [3.8, 4) is 0 Å². The highest BCUT2D eigenvalue weighted by molar-refractivity contribution is 9.13. The molecule has 0 N–H and O–H groups in total. The summed E-state index contributed by atoms with van der Waals surface area (Å²) in [6, 6.07) is 5.70. The molecule has 1 heterocycles. The van der Waals surface area contributed by atoms with Crippen molar-refractivity contribution >= 4 is 64.8 Å². The Morgan fingerprint density at radius 1 is 1.31 bits per heavy atom. The Balaban J connectivity index is 2.85. The molecule has 0 aliphatic heterocycles.